The summed E-state index contributed by atoms with van der Waals surface area (Å²) in [6.07, 6.45) is 0. The molecule has 24 heavy (non-hydrogen) atoms. The molecule has 0 saturated carbocycles. The zero-order valence-electron chi connectivity index (χ0n) is 14.3. The number of amides is 1. The minimum absolute atomic E-state index is 0.160. The highest BCUT2D eigenvalue weighted by atomic mass is 32.2. The van der Waals surface area contributed by atoms with E-state index in [0.29, 0.717) is 12.2 Å². The first-order valence-electron chi connectivity index (χ1n) is 7.61. The van der Waals surface area contributed by atoms with Crippen LogP contribution in [0.2, 0.25) is 0 Å². The summed E-state index contributed by atoms with van der Waals surface area (Å²) in [5, 5.41) is 2.66. The van der Waals surface area contributed by atoms with Crippen molar-refractivity contribution in [1.29, 1.82) is 0 Å². The van der Waals surface area contributed by atoms with Crippen LogP contribution in [0.15, 0.2) is 47.4 Å². The maximum Gasteiger partial charge on any atom is 0.243 e. The van der Waals surface area contributed by atoms with Gasteiger partial charge in [-0.1, -0.05) is 30.3 Å². The molecule has 2 rings (SSSR count). The summed E-state index contributed by atoms with van der Waals surface area (Å²) in [5.74, 6) is -0.235. The molecule has 5 nitrogen and oxygen atoms in total. The molecule has 0 spiro atoms. The summed E-state index contributed by atoms with van der Waals surface area (Å²) in [6, 6.07) is 12.4. The molecular formula is C18H22N2O3S. The van der Waals surface area contributed by atoms with Crippen molar-refractivity contribution < 1.29 is 13.2 Å². The van der Waals surface area contributed by atoms with Gasteiger partial charge in [-0.05, 0) is 42.7 Å². The quantitative estimate of drug-likeness (QED) is 0.905. The molecule has 0 unspecified atom stereocenters. The van der Waals surface area contributed by atoms with Crippen LogP contribution in [-0.2, 0) is 21.4 Å². The fraction of sp³-hybridized carbons (Fsp3) is 0.278. The van der Waals surface area contributed by atoms with Gasteiger partial charge in [-0.2, -0.15) is 4.31 Å². The second-order valence-corrected chi connectivity index (χ2v) is 7.89. The minimum atomic E-state index is -3.65. The third-order valence-corrected chi connectivity index (χ3v) is 5.68. The first-order chi connectivity index (χ1) is 11.2. The van der Waals surface area contributed by atoms with Crippen LogP contribution < -0.4 is 5.32 Å². The van der Waals surface area contributed by atoms with Gasteiger partial charge in [-0.25, -0.2) is 8.42 Å². The molecule has 0 saturated heterocycles. The highest BCUT2D eigenvalue weighted by Gasteiger charge is 2.22. The summed E-state index contributed by atoms with van der Waals surface area (Å²) >= 11 is 0. The minimum Gasteiger partial charge on any atom is -0.326 e. The van der Waals surface area contributed by atoms with E-state index >= 15 is 0 Å². The van der Waals surface area contributed by atoms with Crippen molar-refractivity contribution in [3.63, 3.8) is 0 Å². The fourth-order valence-corrected chi connectivity index (χ4v) is 3.55. The van der Waals surface area contributed by atoms with E-state index in [4.69, 9.17) is 0 Å². The first kappa shape index (κ1) is 18.2. The number of sulfonamides is 1. The molecule has 6 heteroatoms. The van der Waals surface area contributed by atoms with Crippen molar-refractivity contribution in [2.24, 2.45) is 0 Å². The molecular weight excluding hydrogens is 324 g/mol. The number of nitrogens with zero attached hydrogens (tertiary/aromatic N) is 1. The molecule has 1 amide bonds. The van der Waals surface area contributed by atoms with E-state index in [0.717, 1.165) is 16.7 Å². The van der Waals surface area contributed by atoms with Gasteiger partial charge in [0.2, 0.25) is 15.9 Å². The lowest BCUT2D eigenvalue weighted by Gasteiger charge is -2.19. The molecule has 0 aromatic heterocycles. The largest absolute Gasteiger partial charge is 0.326 e. The predicted molar refractivity (Wildman–Crippen MR) is 95.3 cm³/mol. The highest BCUT2D eigenvalue weighted by molar-refractivity contribution is 7.89. The monoisotopic (exact) mass is 346 g/mol. The van der Waals surface area contributed by atoms with Crippen molar-refractivity contribution in [1.82, 2.24) is 4.31 Å². The Labute approximate surface area is 143 Å². The topological polar surface area (TPSA) is 66.5 Å². The number of hydrogen-bond acceptors (Lipinski definition) is 3. The van der Waals surface area contributed by atoms with Crippen LogP contribution in [0, 0.1) is 13.8 Å². The zero-order valence-corrected chi connectivity index (χ0v) is 15.1. The second kappa shape index (κ2) is 7.15. The highest BCUT2D eigenvalue weighted by Crippen LogP contribution is 2.23. The lowest BCUT2D eigenvalue weighted by molar-refractivity contribution is -0.114. The predicted octanol–water partition coefficient (Wildman–Crippen LogP) is 3.08. The number of benzene rings is 2. The summed E-state index contributed by atoms with van der Waals surface area (Å²) in [4.78, 5) is 11.4. The van der Waals surface area contributed by atoms with Gasteiger partial charge in [-0.3, -0.25) is 4.79 Å². The average Bonchev–Trinajstić information content (AvgIpc) is 2.51. The van der Waals surface area contributed by atoms with Gasteiger partial charge in [0.15, 0.2) is 0 Å². The van der Waals surface area contributed by atoms with Crippen LogP contribution in [0.25, 0.3) is 0 Å². The smallest absolute Gasteiger partial charge is 0.243 e. The maximum atomic E-state index is 12.8. The summed E-state index contributed by atoms with van der Waals surface area (Å²) < 4.78 is 26.9. The van der Waals surface area contributed by atoms with Crippen molar-refractivity contribution in [3.05, 3.63) is 59.2 Å². The zero-order chi connectivity index (χ0) is 17.9. The van der Waals surface area contributed by atoms with E-state index in [9.17, 15) is 13.2 Å². The fourth-order valence-electron chi connectivity index (χ4n) is 2.38. The van der Waals surface area contributed by atoms with Crippen LogP contribution >= 0.6 is 0 Å². The SMILES string of the molecule is CC(=O)Nc1cc(S(=O)(=O)N(C)Cc2ccccc2C)ccc1C. The summed E-state index contributed by atoms with van der Waals surface area (Å²) in [7, 11) is -2.09. The Kier molecular flexibility index (Phi) is 5.41. The van der Waals surface area contributed by atoms with Crippen molar-refractivity contribution >= 4 is 21.6 Å². The van der Waals surface area contributed by atoms with Crippen LogP contribution in [0.5, 0.6) is 0 Å². The van der Waals surface area contributed by atoms with Gasteiger partial charge in [0.1, 0.15) is 0 Å². The normalized spacial score (nSPS) is 11.5. The Balaban J connectivity index is 2.32. The van der Waals surface area contributed by atoms with E-state index < -0.39 is 10.0 Å². The van der Waals surface area contributed by atoms with Gasteiger partial charge < -0.3 is 5.32 Å². The van der Waals surface area contributed by atoms with Crippen LogP contribution in [-0.4, -0.2) is 25.7 Å². The molecule has 0 aliphatic carbocycles. The summed E-state index contributed by atoms with van der Waals surface area (Å²) in [6.45, 7) is 5.46. The second-order valence-electron chi connectivity index (χ2n) is 5.85. The Morgan fingerprint density at radius 2 is 1.75 bits per heavy atom. The van der Waals surface area contributed by atoms with E-state index in [2.05, 4.69) is 5.32 Å². The van der Waals surface area contributed by atoms with E-state index in [-0.39, 0.29) is 10.8 Å². The molecule has 0 atom stereocenters. The van der Waals surface area contributed by atoms with Gasteiger partial charge in [-0.15, -0.1) is 0 Å². The summed E-state index contributed by atoms with van der Waals surface area (Å²) in [5.41, 5.74) is 3.32. The Bertz CT molecular complexity index is 860. The number of rotatable bonds is 5. The number of carbonyl (C=O) groups is 1. The van der Waals surface area contributed by atoms with Crippen LogP contribution in [0.3, 0.4) is 0 Å². The van der Waals surface area contributed by atoms with E-state index in [1.807, 2.05) is 38.1 Å². The molecule has 2 aromatic rings. The van der Waals surface area contributed by atoms with E-state index in [1.54, 1.807) is 19.2 Å². The Morgan fingerprint density at radius 1 is 1.08 bits per heavy atom. The number of anilines is 1. The lowest BCUT2D eigenvalue weighted by Crippen LogP contribution is -2.27. The molecule has 128 valence electrons. The molecule has 0 aliphatic heterocycles. The maximum absolute atomic E-state index is 12.8. The molecule has 0 aliphatic rings. The van der Waals surface area contributed by atoms with Crippen LogP contribution in [0.1, 0.15) is 23.6 Å². The average molecular weight is 346 g/mol. The third-order valence-electron chi connectivity index (χ3n) is 3.88. The molecule has 0 heterocycles. The number of aryl methyl sites for hydroxylation is 2. The molecule has 0 bridgehead atoms. The number of carbonyl (C=O) groups excluding carboxylic acids is 1. The molecule has 2 aromatic carbocycles. The third kappa shape index (κ3) is 4.01. The van der Waals surface area contributed by atoms with Crippen molar-refractivity contribution in [2.75, 3.05) is 12.4 Å². The molecule has 0 radical (unpaired) electrons. The number of nitrogens with one attached hydrogen (secondary N) is 1. The Hall–Kier alpha value is -2.18. The first-order valence-corrected chi connectivity index (χ1v) is 9.05. The molecule has 1 N–H and O–H groups in total. The van der Waals surface area contributed by atoms with Gasteiger partial charge in [0, 0.05) is 26.2 Å². The van der Waals surface area contributed by atoms with Gasteiger partial charge in [0.05, 0.1) is 4.90 Å². The van der Waals surface area contributed by atoms with Crippen molar-refractivity contribution in [2.45, 2.75) is 32.2 Å². The van der Waals surface area contributed by atoms with E-state index in [1.165, 1.54) is 17.3 Å². The van der Waals surface area contributed by atoms with Gasteiger partial charge >= 0.3 is 0 Å². The van der Waals surface area contributed by atoms with Crippen molar-refractivity contribution in [3.8, 4) is 0 Å². The Morgan fingerprint density at radius 3 is 2.38 bits per heavy atom. The van der Waals surface area contributed by atoms with Gasteiger partial charge in [0.25, 0.3) is 0 Å². The lowest BCUT2D eigenvalue weighted by atomic mass is 10.1. The molecule has 0 fully saturated rings. The number of hydrogen-bond donors (Lipinski definition) is 1. The van der Waals surface area contributed by atoms with Crippen LogP contribution in [0.4, 0.5) is 5.69 Å². The standard InChI is InChI=1S/C18H22N2O3S/c1-13-7-5-6-8-16(13)12-20(4)24(22,23)17-10-9-14(2)18(11-17)19-15(3)21/h5-11H,12H2,1-4H3,(H,19,21).